The Morgan fingerprint density at radius 3 is 1.96 bits per heavy atom. The first-order chi connectivity index (χ1) is 12.1. The minimum absolute atomic E-state index is 0.285. The van der Waals surface area contributed by atoms with Crippen LogP contribution in [0.15, 0.2) is 48.5 Å². The fourth-order valence-corrected chi connectivity index (χ4v) is 4.71. The van der Waals surface area contributed by atoms with E-state index in [1.807, 2.05) is 37.3 Å². The van der Waals surface area contributed by atoms with Crippen molar-refractivity contribution >= 4 is 7.60 Å². The second-order valence-corrected chi connectivity index (χ2v) is 8.15. The molecule has 0 aliphatic heterocycles. The van der Waals surface area contributed by atoms with Gasteiger partial charge in [-0.05, 0) is 36.5 Å². The molecule has 4 heteroatoms. The van der Waals surface area contributed by atoms with Crippen LogP contribution in [0.5, 0.6) is 5.75 Å². The molecule has 0 saturated carbocycles. The molecular weight excluding hydrogens is 331 g/mol. The molecule has 0 fully saturated rings. The monoisotopic (exact) mass is 360 g/mol. The maximum absolute atomic E-state index is 13.4. The van der Waals surface area contributed by atoms with Crippen LogP contribution in [0.3, 0.4) is 0 Å². The number of benzene rings is 2. The van der Waals surface area contributed by atoms with Gasteiger partial charge in [0.25, 0.3) is 0 Å². The molecule has 1 unspecified atom stereocenters. The van der Waals surface area contributed by atoms with Crippen molar-refractivity contribution in [2.75, 3.05) is 6.61 Å². The maximum atomic E-state index is 13.4. The molecule has 2 aromatic rings. The van der Waals surface area contributed by atoms with Gasteiger partial charge in [0.1, 0.15) is 5.75 Å². The lowest BCUT2D eigenvalue weighted by Gasteiger charge is -2.23. The van der Waals surface area contributed by atoms with E-state index >= 15 is 0 Å². The van der Waals surface area contributed by atoms with Crippen molar-refractivity contribution in [3.8, 4) is 5.75 Å². The van der Waals surface area contributed by atoms with E-state index in [0.29, 0.717) is 6.61 Å². The van der Waals surface area contributed by atoms with Crippen molar-refractivity contribution in [1.29, 1.82) is 0 Å². The molecule has 0 saturated heterocycles. The number of hydrogen-bond donors (Lipinski definition) is 0. The zero-order valence-corrected chi connectivity index (χ0v) is 16.4. The van der Waals surface area contributed by atoms with Crippen molar-refractivity contribution < 1.29 is 13.6 Å². The molecule has 25 heavy (non-hydrogen) atoms. The number of hydrogen-bond acceptors (Lipinski definition) is 3. The van der Waals surface area contributed by atoms with Gasteiger partial charge in [0.05, 0.1) is 12.8 Å². The SMILES string of the molecule is CCCc1cccc(CCC)c1OP(=O)(Cc1ccccc1)OCC. The molecule has 3 nitrogen and oxygen atoms in total. The highest BCUT2D eigenvalue weighted by atomic mass is 31.2. The lowest BCUT2D eigenvalue weighted by molar-refractivity contribution is 0.276. The summed E-state index contributed by atoms with van der Waals surface area (Å²) in [5.41, 5.74) is 3.19. The standard InChI is InChI=1S/C21H29O3P/c1-4-11-19-15-10-16-20(12-5-2)21(19)24-25(22,23-6-3)17-18-13-8-7-9-14-18/h7-10,13-16H,4-6,11-12,17H2,1-3H3. The summed E-state index contributed by atoms with van der Waals surface area (Å²) in [5, 5.41) is 0. The van der Waals surface area contributed by atoms with Crippen LogP contribution < -0.4 is 4.52 Å². The van der Waals surface area contributed by atoms with Crippen LogP contribution in [0.4, 0.5) is 0 Å². The van der Waals surface area contributed by atoms with Crippen molar-refractivity contribution in [3.05, 3.63) is 65.2 Å². The summed E-state index contributed by atoms with van der Waals surface area (Å²) >= 11 is 0. The first-order valence-electron chi connectivity index (χ1n) is 9.19. The molecular formula is C21H29O3P. The Kier molecular flexibility index (Phi) is 7.74. The Labute approximate surface area is 151 Å². The fourth-order valence-electron chi connectivity index (χ4n) is 2.93. The molecule has 0 heterocycles. The van der Waals surface area contributed by atoms with Crippen LogP contribution in [0.2, 0.25) is 0 Å². The van der Waals surface area contributed by atoms with E-state index in [0.717, 1.165) is 48.1 Å². The molecule has 0 aromatic heterocycles. The summed E-state index contributed by atoms with van der Waals surface area (Å²) < 4.78 is 25.2. The smallest absolute Gasteiger partial charge is 0.383 e. The lowest BCUT2D eigenvalue weighted by Crippen LogP contribution is -2.05. The third-order valence-electron chi connectivity index (χ3n) is 3.99. The Morgan fingerprint density at radius 1 is 0.840 bits per heavy atom. The zero-order chi connectivity index (χ0) is 18.1. The van der Waals surface area contributed by atoms with E-state index < -0.39 is 7.60 Å². The molecule has 0 radical (unpaired) electrons. The van der Waals surface area contributed by atoms with Gasteiger partial charge in [-0.1, -0.05) is 75.2 Å². The van der Waals surface area contributed by atoms with E-state index in [4.69, 9.17) is 9.05 Å². The largest absolute Gasteiger partial charge is 0.424 e. The average molecular weight is 360 g/mol. The van der Waals surface area contributed by atoms with Crippen molar-refractivity contribution in [1.82, 2.24) is 0 Å². The van der Waals surface area contributed by atoms with E-state index in [-0.39, 0.29) is 6.16 Å². The van der Waals surface area contributed by atoms with Gasteiger partial charge in [0.2, 0.25) is 0 Å². The van der Waals surface area contributed by atoms with Gasteiger partial charge in [-0.15, -0.1) is 0 Å². The second-order valence-electron chi connectivity index (χ2n) is 6.17. The highest BCUT2D eigenvalue weighted by Crippen LogP contribution is 2.52. The molecule has 0 aliphatic carbocycles. The number of aryl methyl sites for hydroxylation is 2. The molecule has 2 aromatic carbocycles. The number of rotatable bonds is 10. The Morgan fingerprint density at radius 2 is 1.44 bits per heavy atom. The van der Waals surface area contributed by atoms with Gasteiger partial charge in [0, 0.05) is 0 Å². The number of para-hydroxylation sites is 1. The summed E-state index contributed by atoms with van der Waals surface area (Å²) in [4.78, 5) is 0. The minimum atomic E-state index is -3.26. The van der Waals surface area contributed by atoms with Crippen LogP contribution in [-0.4, -0.2) is 6.61 Å². The van der Waals surface area contributed by atoms with E-state index in [1.165, 1.54) is 0 Å². The van der Waals surface area contributed by atoms with Gasteiger partial charge in [-0.25, -0.2) is 4.57 Å². The average Bonchev–Trinajstić information content (AvgIpc) is 2.59. The summed E-state index contributed by atoms with van der Waals surface area (Å²) in [6.07, 6.45) is 4.13. The third kappa shape index (κ3) is 5.73. The van der Waals surface area contributed by atoms with Crippen LogP contribution in [0.1, 0.15) is 50.3 Å². The topological polar surface area (TPSA) is 35.5 Å². The summed E-state index contributed by atoms with van der Waals surface area (Å²) in [7, 11) is -3.26. The predicted molar refractivity (Wildman–Crippen MR) is 104 cm³/mol. The van der Waals surface area contributed by atoms with Crippen LogP contribution in [0, 0.1) is 0 Å². The molecule has 0 amide bonds. The zero-order valence-electron chi connectivity index (χ0n) is 15.5. The van der Waals surface area contributed by atoms with Gasteiger partial charge in [0.15, 0.2) is 0 Å². The molecule has 0 spiro atoms. The fraction of sp³-hybridized carbons (Fsp3) is 0.429. The van der Waals surface area contributed by atoms with Crippen LogP contribution >= 0.6 is 7.60 Å². The first kappa shape index (κ1) is 19.8. The summed E-state index contributed by atoms with van der Waals surface area (Å²) in [6, 6.07) is 15.9. The normalized spacial score (nSPS) is 13.4. The van der Waals surface area contributed by atoms with Crippen molar-refractivity contribution in [2.24, 2.45) is 0 Å². The van der Waals surface area contributed by atoms with E-state index in [2.05, 4.69) is 32.0 Å². The second kappa shape index (κ2) is 9.79. The minimum Gasteiger partial charge on any atom is -0.424 e. The molecule has 0 bridgehead atoms. The quantitative estimate of drug-likeness (QED) is 0.460. The maximum Gasteiger partial charge on any atom is 0.383 e. The highest BCUT2D eigenvalue weighted by molar-refractivity contribution is 7.53. The van der Waals surface area contributed by atoms with Gasteiger partial charge in [-0.2, -0.15) is 0 Å². The van der Waals surface area contributed by atoms with E-state index in [1.54, 1.807) is 0 Å². The third-order valence-corrected chi connectivity index (χ3v) is 5.86. The summed E-state index contributed by atoms with van der Waals surface area (Å²) in [5.74, 6) is 0.763. The van der Waals surface area contributed by atoms with Crippen LogP contribution in [0.25, 0.3) is 0 Å². The summed E-state index contributed by atoms with van der Waals surface area (Å²) in [6.45, 7) is 6.50. The van der Waals surface area contributed by atoms with E-state index in [9.17, 15) is 4.57 Å². The Bertz CT molecular complexity index is 673. The Balaban J connectivity index is 2.36. The Hall–Kier alpha value is -1.57. The van der Waals surface area contributed by atoms with Crippen LogP contribution in [-0.2, 0) is 28.1 Å². The molecule has 136 valence electrons. The first-order valence-corrected chi connectivity index (χ1v) is 10.9. The highest BCUT2D eigenvalue weighted by Gasteiger charge is 2.28. The van der Waals surface area contributed by atoms with Gasteiger partial charge in [-0.3, -0.25) is 4.52 Å². The predicted octanol–water partition coefficient (Wildman–Crippen LogP) is 6.40. The molecule has 0 N–H and O–H groups in total. The van der Waals surface area contributed by atoms with Crippen molar-refractivity contribution in [2.45, 2.75) is 52.6 Å². The molecule has 1 atom stereocenters. The van der Waals surface area contributed by atoms with Crippen molar-refractivity contribution in [3.63, 3.8) is 0 Å². The van der Waals surface area contributed by atoms with Gasteiger partial charge < -0.3 is 4.52 Å². The molecule has 2 rings (SSSR count). The lowest BCUT2D eigenvalue weighted by atomic mass is 10.0. The molecule has 0 aliphatic rings. The van der Waals surface area contributed by atoms with Gasteiger partial charge >= 0.3 is 7.60 Å².